The number of esters is 1. The maximum atomic E-state index is 14.5. The van der Waals surface area contributed by atoms with Gasteiger partial charge in [-0.1, -0.05) is 74.0 Å². The highest BCUT2D eigenvalue weighted by Gasteiger charge is 2.68. The molecule has 45 heavy (non-hydrogen) atoms. The molecule has 0 unspecified atom stereocenters. The van der Waals surface area contributed by atoms with E-state index in [4.69, 9.17) is 8.37 Å². The molecule has 0 amide bonds. The van der Waals surface area contributed by atoms with Crippen LogP contribution in [0.3, 0.4) is 0 Å². The Morgan fingerprint density at radius 3 is 1.44 bits per heavy atom. The Kier molecular flexibility index (Phi) is 7.54. The largest absolute Gasteiger partial charge is 0.459 e. The van der Waals surface area contributed by atoms with Crippen LogP contribution in [0, 0.1) is 23.2 Å². The molecule has 4 aliphatic carbocycles. The van der Waals surface area contributed by atoms with Crippen LogP contribution in [0.1, 0.15) is 38.5 Å². The molecule has 4 bridgehead atoms. The fourth-order valence-corrected chi connectivity index (χ4v) is 14.0. The van der Waals surface area contributed by atoms with E-state index in [1.807, 2.05) is 0 Å². The van der Waals surface area contributed by atoms with Crippen LogP contribution in [-0.2, 0) is 23.3 Å². The van der Waals surface area contributed by atoms with E-state index in [0.29, 0.717) is 33.9 Å². The van der Waals surface area contributed by atoms with Gasteiger partial charge >= 0.3 is 26.3 Å². The lowest BCUT2D eigenvalue weighted by atomic mass is 9.49. The summed E-state index contributed by atoms with van der Waals surface area (Å²) in [5, 5.41) is -0.599. The molecule has 5 nitrogen and oxygen atoms in total. The quantitative estimate of drug-likeness (QED) is 0.157. The number of halogens is 5. The van der Waals surface area contributed by atoms with Gasteiger partial charge in [0.15, 0.2) is 0 Å². The fraction of sp³-hybridized carbons (Fsp3) is 0.344. The lowest BCUT2D eigenvalue weighted by molar-refractivity contribution is -0.170. The van der Waals surface area contributed by atoms with E-state index in [0.717, 1.165) is 19.3 Å². The van der Waals surface area contributed by atoms with Crippen molar-refractivity contribution in [2.24, 2.45) is 23.2 Å². The summed E-state index contributed by atoms with van der Waals surface area (Å²) in [6.45, 7) is -1.94. The van der Waals surface area contributed by atoms with Crippen molar-refractivity contribution in [2.75, 3.05) is 6.61 Å². The zero-order valence-electron chi connectivity index (χ0n) is 24.1. The molecule has 3 aromatic carbocycles. The molecule has 13 heteroatoms. The van der Waals surface area contributed by atoms with Crippen molar-refractivity contribution in [3.05, 3.63) is 101 Å². The Balaban J connectivity index is 1.40. The maximum Gasteiger partial charge on any atom is 0.312 e. The molecule has 4 saturated carbocycles. The lowest BCUT2D eigenvalue weighted by Crippen LogP contribution is -2.50. The molecule has 4 aliphatic rings. The van der Waals surface area contributed by atoms with Gasteiger partial charge in [-0.25, -0.2) is 3.63 Å². The zero-order chi connectivity index (χ0) is 32.2. The average molecular weight is 689 g/mol. The molecule has 4 fully saturated rings. The van der Waals surface area contributed by atoms with E-state index in [1.54, 1.807) is 91.0 Å². The highest BCUT2D eigenvalue weighted by Crippen LogP contribution is 3.02. The van der Waals surface area contributed by atoms with Gasteiger partial charge in [0.05, 0.1) is 10.8 Å². The number of carbonyl (C=O) groups is 1. The number of hydrogen-bond acceptors (Lipinski definition) is 5. The summed E-state index contributed by atoms with van der Waals surface area (Å²) in [4.78, 5) is 11.4. The Labute approximate surface area is 261 Å². The molecule has 244 valence electrons. The molecule has 0 aliphatic heterocycles. The third-order valence-corrected chi connectivity index (χ3v) is 15.3. The minimum atomic E-state index is -10.7. The molecule has 0 atom stereocenters. The first-order valence-corrected chi connectivity index (χ1v) is 19.5. The number of hydrogen-bond donors (Lipinski definition) is 0. The fourth-order valence-electron chi connectivity index (χ4n) is 7.57. The number of rotatable bonds is 10. The highest BCUT2D eigenvalue weighted by molar-refractivity contribution is 8.49. The second-order valence-electron chi connectivity index (χ2n) is 12.4. The first kappa shape index (κ1) is 32.1. The predicted octanol–water partition coefficient (Wildman–Crippen LogP) is 10.1. The van der Waals surface area contributed by atoms with Crippen LogP contribution < -0.4 is 0 Å². The summed E-state index contributed by atoms with van der Waals surface area (Å²) in [5.41, 5.74) is -1.03. The van der Waals surface area contributed by atoms with Gasteiger partial charge in [-0.05, 0) is 103 Å². The number of ether oxygens (including phenoxy) is 1. The van der Waals surface area contributed by atoms with Crippen LogP contribution >= 0.6 is 20.5 Å². The third kappa shape index (κ3) is 6.54. The molecule has 0 aromatic heterocycles. The second kappa shape index (κ2) is 10.6. The van der Waals surface area contributed by atoms with Crippen molar-refractivity contribution >= 4 is 36.6 Å². The Morgan fingerprint density at radius 1 is 0.711 bits per heavy atom. The van der Waals surface area contributed by atoms with Gasteiger partial charge in [-0.2, -0.15) is 8.42 Å². The van der Waals surface area contributed by atoms with Crippen LogP contribution in [0.15, 0.2) is 116 Å². The summed E-state index contributed by atoms with van der Waals surface area (Å²) in [7, 11) is -19.5. The van der Waals surface area contributed by atoms with Gasteiger partial charge in [0.2, 0.25) is 0 Å². The van der Waals surface area contributed by atoms with E-state index < -0.39 is 59.0 Å². The Bertz CT molecular complexity index is 1580. The van der Waals surface area contributed by atoms with Crippen molar-refractivity contribution in [3.63, 3.8) is 0 Å². The van der Waals surface area contributed by atoms with E-state index in [-0.39, 0.29) is 17.8 Å². The van der Waals surface area contributed by atoms with Crippen LogP contribution in [0.2, 0.25) is 0 Å². The standard InChI is InChI=1S/C32H33F5O5S3/c33-45(34,35,36,37)30(22-41-31(38)32-19-24-16-25(20-32)18-26(17-24)21-32)23-43(39,40)42-44(27-10-4-1-5-11-27,28-12-6-2-7-13-28)29-14-8-3-9-15-29/h1-15,23-26H,16-22H2. The molecule has 0 radical (unpaired) electrons. The molecule has 0 N–H and O–H groups in total. The molecule has 0 heterocycles. The minimum absolute atomic E-state index is 0.244. The lowest BCUT2D eigenvalue weighted by Gasteiger charge is -2.55. The SMILES string of the molecule is O=C(OCC(=CS(=O)(=O)OS(c1ccccc1)(c1ccccc1)c1ccccc1)S(F)(F)(F)(F)F)C12CC3CC(CC(C3)C1)C2. The summed E-state index contributed by atoms with van der Waals surface area (Å²) in [6, 6.07) is 24.0. The maximum absolute atomic E-state index is 14.5. The summed E-state index contributed by atoms with van der Waals surface area (Å²) < 4.78 is 110. The number of carbonyl (C=O) groups excluding carboxylic acids is 1. The minimum Gasteiger partial charge on any atom is -0.459 e. The molecular weight excluding hydrogens is 656 g/mol. The smallest absolute Gasteiger partial charge is 0.312 e. The number of benzene rings is 3. The highest BCUT2D eigenvalue weighted by atomic mass is 32.5. The van der Waals surface area contributed by atoms with E-state index in [2.05, 4.69) is 0 Å². The van der Waals surface area contributed by atoms with Crippen molar-refractivity contribution in [1.29, 1.82) is 0 Å². The van der Waals surface area contributed by atoms with Crippen molar-refractivity contribution in [3.8, 4) is 0 Å². The normalized spacial score (nSPS) is 27.0. The van der Waals surface area contributed by atoms with Crippen molar-refractivity contribution in [2.45, 2.75) is 53.2 Å². The van der Waals surface area contributed by atoms with Gasteiger partial charge in [0.25, 0.3) is 0 Å². The van der Waals surface area contributed by atoms with Crippen molar-refractivity contribution < 1.29 is 41.0 Å². The first-order chi connectivity index (χ1) is 21.0. The Hall–Kier alpha value is -2.87. The van der Waals surface area contributed by atoms with Gasteiger partial charge < -0.3 is 4.74 Å². The summed E-state index contributed by atoms with van der Waals surface area (Å²) >= 11 is 0. The van der Waals surface area contributed by atoms with Crippen LogP contribution in [0.25, 0.3) is 0 Å². The predicted molar refractivity (Wildman–Crippen MR) is 164 cm³/mol. The summed E-state index contributed by atoms with van der Waals surface area (Å²) in [6.07, 6.45) is 4.12. The monoisotopic (exact) mass is 688 g/mol. The van der Waals surface area contributed by atoms with Gasteiger partial charge in [0, 0.05) is 14.7 Å². The van der Waals surface area contributed by atoms with Gasteiger partial charge in [-0.15, -0.1) is 0 Å². The zero-order valence-corrected chi connectivity index (χ0v) is 26.5. The first-order valence-electron chi connectivity index (χ1n) is 14.5. The van der Waals surface area contributed by atoms with Gasteiger partial charge in [0.1, 0.15) is 11.5 Å². The van der Waals surface area contributed by atoms with Crippen molar-refractivity contribution in [1.82, 2.24) is 0 Å². The molecule has 0 spiro atoms. The molecule has 0 saturated heterocycles. The van der Waals surface area contributed by atoms with E-state index in [1.165, 1.54) is 0 Å². The summed E-state index contributed by atoms with van der Waals surface area (Å²) in [5.74, 6) is -0.250. The third-order valence-electron chi connectivity index (χ3n) is 9.01. The second-order valence-corrected chi connectivity index (χ2v) is 19.1. The van der Waals surface area contributed by atoms with Crippen LogP contribution in [0.5, 0.6) is 0 Å². The van der Waals surface area contributed by atoms with Crippen LogP contribution in [-0.4, -0.2) is 21.0 Å². The molecule has 7 rings (SSSR count). The Morgan fingerprint density at radius 2 is 1.09 bits per heavy atom. The van der Waals surface area contributed by atoms with Crippen LogP contribution in [0.4, 0.5) is 19.4 Å². The molecular formula is C32H33F5O5S3. The van der Waals surface area contributed by atoms with E-state index in [9.17, 15) is 32.6 Å². The van der Waals surface area contributed by atoms with E-state index >= 15 is 0 Å². The van der Waals surface area contributed by atoms with Gasteiger partial charge in [-0.3, -0.25) is 4.79 Å². The molecule has 3 aromatic rings. The topological polar surface area (TPSA) is 69.7 Å². The average Bonchev–Trinajstić information content (AvgIpc) is 2.97.